The van der Waals surface area contributed by atoms with Gasteiger partial charge in [0.2, 0.25) is 6.08 Å². The Morgan fingerprint density at radius 3 is 2.73 bits per heavy atom. The SMILES string of the molecule is CC(C)c1cc(Cl)c(O)c(CN=C=O)c1. The Hall–Kier alpha value is -1.31. The van der Waals surface area contributed by atoms with E-state index >= 15 is 0 Å². The lowest BCUT2D eigenvalue weighted by Gasteiger charge is -2.10. The predicted octanol–water partition coefficient (Wildman–Crippen LogP) is 3.00. The summed E-state index contributed by atoms with van der Waals surface area (Å²) < 4.78 is 0. The van der Waals surface area contributed by atoms with E-state index in [0.29, 0.717) is 11.5 Å². The maximum absolute atomic E-state index is 9.99. The second-order valence-corrected chi connectivity index (χ2v) is 3.98. The minimum Gasteiger partial charge on any atom is -0.506 e. The second-order valence-electron chi connectivity index (χ2n) is 3.57. The molecule has 0 aliphatic heterocycles. The van der Waals surface area contributed by atoms with Gasteiger partial charge in [-0.05, 0) is 23.6 Å². The number of phenolic OH excluding ortho intramolecular Hbond substituents is 1. The molecule has 1 aromatic carbocycles. The van der Waals surface area contributed by atoms with E-state index in [-0.39, 0.29) is 17.3 Å². The highest BCUT2D eigenvalue weighted by atomic mass is 35.5. The van der Waals surface area contributed by atoms with Crippen molar-refractivity contribution >= 4 is 17.7 Å². The molecule has 0 amide bonds. The topological polar surface area (TPSA) is 49.7 Å². The smallest absolute Gasteiger partial charge is 0.235 e. The number of phenols is 1. The van der Waals surface area contributed by atoms with Crippen molar-refractivity contribution in [3.05, 3.63) is 28.3 Å². The van der Waals surface area contributed by atoms with Crippen LogP contribution in [0.3, 0.4) is 0 Å². The molecule has 0 heterocycles. The number of hydrogen-bond donors (Lipinski definition) is 1. The van der Waals surface area contributed by atoms with Gasteiger partial charge in [0.15, 0.2) is 0 Å². The zero-order valence-electron chi connectivity index (χ0n) is 8.62. The zero-order chi connectivity index (χ0) is 11.4. The van der Waals surface area contributed by atoms with Crippen LogP contribution in [-0.2, 0) is 11.3 Å². The molecule has 1 rings (SSSR count). The number of isocyanates is 1. The lowest BCUT2D eigenvalue weighted by molar-refractivity contribution is 0.468. The Kier molecular flexibility index (Phi) is 3.89. The molecule has 0 bridgehead atoms. The molecule has 0 saturated heterocycles. The Labute approximate surface area is 93.4 Å². The minimum absolute atomic E-state index is 0.0138. The molecule has 3 nitrogen and oxygen atoms in total. The van der Waals surface area contributed by atoms with E-state index in [4.69, 9.17) is 11.6 Å². The van der Waals surface area contributed by atoms with Crippen LogP contribution in [0.2, 0.25) is 5.02 Å². The van der Waals surface area contributed by atoms with E-state index in [2.05, 4.69) is 4.99 Å². The maximum Gasteiger partial charge on any atom is 0.235 e. The van der Waals surface area contributed by atoms with Crippen LogP contribution in [0.15, 0.2) is 17.1 Å². The molecule has 0 fully saturated rings. The molecule has 0 aliphatic rings. The molecule has 1 N–H and O–H groups in total. The molecule has 1 aromatic rings. The van der Waals surface area contributed by atoms with Crippen molar-refractivity contribution in [2.24, 2.45) is 4.99 Å². The van der Waals surface area contributed by atoms with E-state index in [9.17, 15) is 9.90 Å². The quantitative estimate of drug-likeness (QED) is 0.635. The molecule has 4 heteroatoms. The van der Waals surface area contributed by atoms with Gasteiger partial charge in [-0.3, -0.25) is 0 Å². The van der Waals surface area contributed by atoms with Gasteiger partial charge in [-0.15, -0.1) is 0 Å². The molecule has 0 atom stereocenters. The average molecular weight is 226 g/mol. The summed E-state index contributed by atoms with van der Waals surface area (Å²) in [6.45, 7) is 4.15. The molecular formula is C11H12ClNO2. The highest BCUT2D eigenvalue weighted by Crippen LogP contribution is 2.32. The lowest BCUT2D eigenvalue weighted by Crippen LogP contribution is -1.92. The Morgan fingerprint density at radius 1 is 1.53 bits per heavy atom. The summed E-state index contributed by atoms with van der Waals surface area (Å²) in [5.74, 6) is 0.294. The van der Waals surface area contributed by atoms with Crippen molar-refractivity contribution in [3.63, 3.8) is 0 Å². The number of halogens is 1. The first-order valence-electron chi connectivity index (χ1n) is 4.61. The number of benzene rings is 1. The van der Waals surface area contributed by atoms with Gasteiger partial charge in [0.05, 0.1) is 11.6 Å². The van der Waals surface area contributed by atoms with Gasteiger partial charge in [0, 0.05) is 5.56 Å². The van der Waals surface area contributed by atoms with Crippen LogP contribution in [0.1, 0.15) is 30.9 Å². The van der Waals surface area contributed by atoms with Crippen molar-refractivity contribution in [1.29, 1.82) is 0 Å². The van der Waals surface area contributed by atoms with Gasteiger partial charge in [-0.2, -0.15) is 0 Å². The number of hydrogen-bond acceptors (Lipinski definition) is 3. The van der Waals surface area contributed by atoms with Crippen LogP contribution >= 0.6 is 11.6 Å². The second kappa shape index (κ2) is 4.96. The Bertz CT molecular complexity index is 409. The van der Waals surface area contributed by atoms with Crippen LogP contribution in [0.4, 0.5) is 0 Å². The van der Waals surface area contributed by atoms with Crippen LogP contribution in [0, 0.1) is 0 Å². The van der Waals surface area contributed by atoms with Crippen molar-refractivity contribution in [3.8, 4) is 5.75 Å². The summed E-state index contributed by atoms with van der Waals surface area (Å²) in [4.78, 5) is 13.4. The first-order chi connectivity index (χ1) is 7.06. The van der Waals surface area contributed by atoms with Gasteiger partial charge in [-0.25, -0.2) is 9.79 Å². The van der Waals surface area contributed by atoms with Crippen molar-refractivity contribution in [2.45, 2.75) is 26.3 Å². The molecule has 0 aliphatic carbocycles. The average Bonchev–Trinajstić information content (AvgIpc) is 2.19. The fourth-order valence-corrected chi connectivity index (χ4v) is 1.50. The number of nitrogens with zero attached hydrogens (tertiary/aromatic N) is 1. The van der Waals surface area contributed by atoms with Crippen LogP contribution in [0.5, 0.6) is 5.75 Å². The van der Waals surface area contributed by atoms with E-state index in [1.54, 1.807) is 12.1 Å². The summed E-state index contributed by atoms with van der Waals surface area (Å²) in [5, 5.41) is 9.90. The van der Waals surface area contributed by atoms with Gasteiger partial charge in [-0.1, -0.05) is 25.4 Å². The van der Waals surface area contributed by atoms with Crippen molar-refractivity contribution < 1.29 is 9.90 Å². The van der Waals surface area contributed by atoms with E-state index < -0.39 is 0 Å². The summed E-state index contributed by atoms with van der Waals surface area (Å²) in [5.41, 5.74) is 1.56. The van der Waals surface area contributed by atoms with E-state index in [0.717, 1.165) is 5.56 Å². The third-order valence-corrected chi connectivity index (χ3v) is 2.43. The Balaban J connectivity index is 3.18. The summed E-state index contributed by atoms with van der Waals surface area (Å²) >= 11 is 5.85. The fourth-order valence-electron chi connectivity index (χ4n) is 1.25. The van der Waals surface area contributed by atoms with Crippen LogP contribution < -0.4 is 0 Å². The van der Waals surface area contributed by atoms with Crippen molar-refractivity contribution in [1.82, 2.24) is 0 Å². The molecule has 0 spiro atoms. The van der Waals surface area contributed by atoms with Gasteiger partial charge >= 0.3 is 0 Å². The van der Waals surface area contributed by atoms with Crippen molar-refractivity contribution in [2.75, 3.05) is 0 Å². The van der Waals surface area contributed by atoms with Gasteiger partial charge in [0.1, 0.15) is 5.75 Å². The summed E-state index contributed by atoms with van der Waals surface area (Å²) in [6, 6.07) is 3.52. The molecule has 80 valence electrons. The van der Waals surface area contributed by atoms with Crippen LogP contribution in [-0.4, -0.2) is 11.2 Å². The first-order valence-corrected chi connectivity index (χ1v) is 4.99. The monoisotopic (exact) mass is 225 g/mol. The number of carbonyl (C=O) groups excluding carboxylic acids is 1. The standard InChI is InChI=1S/C11H12ClNO2/c1-7(2)8-3-9(5-13-6-14)11(15)10(12)4-8/h3-4,7,15H,5H2,1-2H3. The van der Waals surface area contributed by atoms with E-state index in [1.807, 2.05) is 13.8 Å². The molecule has 0 radical (unpaired) electrons. The van der Waals surface area contributed by atoms with Crippen LogP contribution in [0.25, 0.3) is 0 Å². The lowest BCUT2D eigenvalue weighted by atomic mass is 10.0. The van der Waals surface area contributed by atoms with Gasteiger partial charge < -0.3 is 5.11 Å². The third kappa shape index (κ3) is 2.82. The molecule has 0 aromatic heterocycles. The molecule has 0 unspecified atom stereocenters. The summed E-state index contributed by atoms with van der Waals surface area (Å²) in [7, 11) is 0. The molecule has 0 saturated carbocycles. The van der Waals surface area contributed by atoms with Gasteiger partial charge in [0.25, 0.3) is 0 Å². The molecular weight excluding hydrogens is 214 g/mol. The fraction of sp³-hybridized carbons (Fsp3) is 0.364. The summed E-state index contributed by atoms with van der Waals surface area (Å²) in [6.07, 6.45) is 1.43. The third-order valence-electron chi connectivity index (χ3n) is 2.15. The zero-order valence-corrected chi connectivity index (χ0v) is 9.38. The minimum atomic E-state index is -0.0138. The number of aromatic hydroxyl groups is 1. The number of aliphatic imine (C=N–C) groups is 1. The largest absolute Gasteiger partial charge is 0.506 e. The van der Waals surface area contributed by atoms with E-state index in [1.165, 1.54) is 6.08 Å². The Morgan fingerprint density at radius 2 is 2.20 bits per heavy atom. The maximum atomic E-state index is 9.99. The molecule has 15 heavy (non-hydrogen) atoms. The highest BCUT2D eigenvalue weighted by molar-refractivity contribution is 6.32. The highest BCUT2D eigenvalue weighted by Gasteiger charge is 2.09. The normalized spacial score (nSPS) is 10.1. The predicted molar refractivity (Wildman–Crippen MR) is 59.0 cm³/mol. The number of rotatable bonds is 3. The first kappa shape index (κ1) is 11.8.